The highest BCUT2D eigenvalue weighted by Crippen LogP contribution is 2.26. The summed E-state index contributed by atoms with van der Waals surface area (Å²) in [7, 11) is 0. The van der Waals surface area contributed by atoms with Gasteiger partial charge in [0, 0.05) is 4.88 Å². The van der Waals surface area contributed by atoms with E-state index in [4.69, 9.17) is 0 Å². The number of rotatable bonds is 3. The molecule has 0 aliphatic heterocycles. The van der Waals surface area contributed by atoms with E-state index in [2.05, 4.69) is 41.1 Å². The number of aryl methyl sites for hydroxylation is 1. The van der Waals surface area contributed by atoms with Gasteiger partial charge in [-0.3, -0.25) is 0 Å². The molecular formula is C21H13F2NS2. The van der Waals surface area contributed by atoms with Crippen LogP contribution < -0.4 is 0 Å². The molecule has 0 radical (unpaired) electrons. The van der Waals surface area contributed by atoms with E-state index >= 15 is 0 Å². The van der Waals surface area contributed by atoms with Gasteiger partial charge in [-0.25, -0.2) is 8.78 Å². The van der Waals surface area contributed by atoms with Crippen molar-refractivity contribution in [1.29, 1.82) is 0 Å². The Morgan fingerprint density at radius 1 is 0.962 bits per heavy atom. The Hall–Kier alpha value is -2.64. The van der Waals surface area contributed by atoms with E-state index in [-0.39, 0.29) is 5.56 Å². The third-order valence-electron chi connectivity index (χ3n) is 3.74. The van der Waals surface area contributed by atoms with Gasteiger partial charge in [0.05, 0.1) is 21.3 Å². The number of halogens is 2. The van der Waals surface area contributed by atoms with Crippen molar-refractivity contribution in [2.45, 2.75) is 13.3 Å². The molecule has 0 bridgehead atoms. The second-order valence-electron chi connectivity index (χ2n) is 5.43. The lowest BCUT2D eigenvalue weighted by Gasteiger charge is -2.05. The van der Waals surface area contributed by atoms with Crippen LogP contribution >= 0.6 is 23.6 Å². The van der Waals surface area contributed by atoms with Crippen molar-refractivity contribution in [2.24, 2.45) is 4.99 Å². The van der Waals surface area contributed by atoms with Crippen molar-refractivity contribution in [3.63, 3.8) is 0 Å². The topological polar surface area (TPSA) is 12.4 Å². The quantitative estimate of drug-likeness (QED) is 0.291. The third-order valence-corrected chi connectivity index (χ3v) is 4.97. The molecule has 1 aromatic heterocycles. The van der Waals surface area contributed by atoms with Crippen LogP contribution in [-0.4, -0.2) is 5.16 Å². The van der Waals surface area contributed by atoms with Crippen LogP contribution in [0.4, 0.5) is 14.5 Å². The number of nitrogens with zero attached hydrogens (tertiary/aromatic N) is 1. The fourth-order valence-corrected chi connectivity index (χ4v) is 3.31. The van der Waals surface area contributed by atoms with Gasteiger partial charge in [-0.1, -0.05) is 30.9 Å². The van der Waals surface area contributed by atoms with Crippen molar-refractivity contribution < 1.29 is 8.78 Å². The SMILES string of the molecule is CCc1ccc(C#Cc2c(F)cc(-c3ccc(N=C=S)cc3)cc2F)s1. The molecule has 1 nitrogen and oxygen atoms in total. The van der Waals surface area contributed by atoms with Crippen LogP contribution in [-0.2, 0) is 6.42 Å². The van der Waals surface area contributed by atoms with Crippen LogP contribution in [0.25, 0.3) is 11.1 Å². The lowest BCUT2D eigenvalue weighted by atomic mass is 10.0. The zero-order valence-corrected chi connectivity index (χ0v) is 15.5. The zero-order valence-electron chi connectivity index (χ0n) is 13.8. The van der Waals surface area contributed by atoms with Gasteiger partial charge in [0.2, 0.25) is 0 Å². The van der Waals surface area contributed by atoms with Gasteiger partial charge in [0.15, 0.2) is 0 Å². The Kier molecular flexibility index (Phi) is 5.70. The van der Waals surface area contributed by atoms with Gasteiger partial charge < -0.3 is 0 Å². The number of benzene rings is 2. The monoisotopic (exact) mass is 381 g/mol. The maximum atomic E-state index is 14.4. The molecule has 0 saturated heterocycles. The molecule has 0 N–H and O–H groups in total. The second-order valence-corrected chi connectivity index (χ2v) is 6.79. The molecule has 0 atom stereocenters. The molecule has 0 aliphatic rings. The first kappa shape index (κ1) is 18.2. The van der Waals surface area contributed by atoms with Crippen LogP contribution in [0.5, 0.6) is 0 Å². The minimum Gasteiger partial charge on any atom is -0.205 e. The normalized spacial score (nSPS) is 9.96. The summed E-state index contributed by atoms with van der Waals surface area (Å²) < 4.78 is 28.8. The Bertz CT molecular complexity index is 1030. The summed E-state index contributed by atoms with van der Waals surface area (Å²) in [5, 5.41) is 2.28. The summed E-state index contributed by atoms with van der Waals surface area (Å²) in [4.78, 5) is 5.83. The molecule has 5 heteroatoms. The highest BCUT2D eigenvalue weighted by Gasteiger charge is 2.10. The standard InChI is InChI=1S/C21H13F2NS2/c1-2-17-7-8-18(26-17)9-10-19-20(22)11-15(12-21(19)23)14-3-5-16(6-4-14)24-13-25/h3-8,11-12H,2H2,1H3. The molecule has 3 aromatic rings. The minimum atomic E-state index is -0.680. The molecular weight excluding hydrogens is 368 g/mol. The third kappa shape index (κ3) is 4.12. The molecule has 26 heavy (non-hydrogen) atoms. The summed E-state index contributed by atoms with van der Waals surface area (Å²) in [6, 6.07) is 13.3. The van der Waals surface area contributed by atoms with Crippen molar-refractivity contribution >= 4 is 34.4 Å². The van der Waals surface area contributed by atoms with Crippen LogP contribution in [0.1, 0.15) is 22.2 Å². The van der Waals surface area contributed by atoms with E-state index in [9.17, 15) is 8.78 Å². The van der Waals surface area contributed by atoms with E-state index in [0.717, 1.165) is 11.3 Å². The van der Waals surface area contributed by atoms with Gasteiger partial charge in [0.25, 0.3) is 0 Å². The highest BCUT2D eigenvalue weighted by atomic mass is 32.1. The molecule has 0 fully saturated rings. The zero-order chi connectivity index (χ0) is 18.5. The van der Waals surface area contributed by atoms with Gasteiger partial charge in [0.1, 0.15) is 11.6 Å². The van der Waals surface area contributed by atoms with Crippen LogP contribution in [0.3, 0.4) is 0 Å². The fourth-order valence-electron chi connectivity index (χ4n) is 2.40. The molecule has 0 spiro atoms. The average Bonchev–Trinajstić information content (AvgIpc) is 3.10. The number of thiocarbonyl (C=S) groups is 1. The molecule has 128 valence electrons. The maximum absolute atomic E-state index is 14.4. The first-order chi connectivity index (χ1) is 12.6. The predicted octanol–water partition coefficient (Wildman–Crippen LogP) is 6.39. The summed E-state index contributed by atoms with van der Waals surface area (Å²) >= 11 is 6.08. The number of isothiocyanates is 1. The number of hydrogen-bond acceptors (Lipinski definition) is 3. The Balaban J connectivity index is 1.92. The first-order valence-corrected chi connectivity index (χ1v) is 9.11. The molecule has 3 rings (SSSR count). The summed E-state index contributed by atoms with van der Waals surface area (Å²) in [5.74, 6) is 4.09. The highest BCUT2D eigenvalue weighted by molar-refractivity contribution is 7.78. The number of thiophene rings is 1. The summed E-state index contributed by atoms with van der Waals surface area (Å²) in [6.45, 7) is 2.05. The lowest BCUT2D eigenvalue weighted by Crippen LogP contribution is -1.92. The van der Waals surface area contributed by atoms with E-state index in [1.54, 1.807) is 24.3 Å². The molecule has 0 aliphatic carbocycles. The van der Waals surface area contributed by atoms with Crippen molar-refractivity contribution in [1.82, 2.24) is 0 Å². The lowest BCUT2D eigenvalue weighted by molar-refractivity contribution is 0.578. The number of hydrogen-bond donors (Lipinski definition) is 0. The van der Waals surface area contributed by atoms with E-state index in [0.29, 0.717) is 16.8 Å². The van der Waals surface area contributed by atoms with E-state index < -0.39 is 11.6 Å². The van der Waals surface area contributed by atoms with Crippen LogP contribution in [0.2, 0.25) is 0 Å². The Labute approximate surface area is 160 Å². The number of aliphatic imine (C=N–C) groups is 1. The van der Waals surface area contributed by atoms with E-state index in [1.807, 2.05) is 12.1 Å². The second kappa shape index (κ2) is 8.16. The maximum Gasteiger partial charge on any atom is 0.142 e. The van der Waals surface area contributed by atoms with Crippen molar-refractivity contribution in [3.05, 3.63) is 75.5 Å². The summed E-state index contributed by atoms with van der Waals surface area (Å²) in [6.07, 6.45) is 0.915. The molecule has 0 unspecified atom stereocenters. The average molecular weight is 381 g/mol. The van der Waals surface area contributed by atoms with Crippen LogP contribution in [0.15, 0.2) is 53.5 Å². The van der Waals surface area contributed by atoms with Crippen molar-refractivity contribution in [2.75, 3.05) is 0 Å². The Morgan fingerprint density at radius 3 is 2.23 bits per heavy atom. The first-order valence-electron chi connectivity index (χ1n) is 7.88. The molecule has 0 saturated carbocycles. The smallest absolute Gasteiger partial charge is 0.142 e. The Morgan fingerprint density at radius 2 is 1.65 bits per heavy atom. The fraction of sp³-hybridized carbons (Fsp3) is 0.0952. The molecule has 1 heterocycles. The van der Waals surface area contributed by atoms with Crippen LogP contribution in [0, 0.1) is 23.5 Å². The predicted molar refractivity (Wildman–Crippen MR) is 106 cm³/mol. The summed E-state index contributed by atoms with van der Waals surface area (Å²) in [5.41, 5.74) is 1.53. The largest absolute Gasteiger partial charge is 0.205 e. The van der Waals surface area contributed by atoms with Gasteiger partial charge in [-0.05, 0) is 66.2 Å². The van der Waals surface area contributed by atoms with E-state index in [1.165, 1.54) is 28.3 Å². The minimum absolute atomic E-state index is 0.220. The van der Waals surface area contributed by atoms with Crippen molar-refractivity contribution in [3.8, 4) is 23.0 Å². The van der Waals surface area contributed by atoms with Gasteiger partial charge in [-0.2, -0.15) is 4.99 Å². The molecule has 0 amide bonds. The molecule has 2 aromatic carbocycles. The van der Waals surface area contributed by atoms with Gasteiger partial charge in [-0.15, -0.1) is 11.3 Å². The van der Waals surface area contributed by atoms with Gasteiger partial charge >= 0.3 is 0 Å².